The Labute approximate surface area is 189 Å². The molecular formula is C22H22F3N5O2S. The molecule has 0 spiro atoms. The van der Waals surface area contributed by atoms with E-state index in [0.29, 0.717) is 11.4 Å². The first kappa shape index (κ1) is 23.0. The Bertz CT molecular complexity index is 1260. The number of anilines is 2. The van der Waals surface area contributed by atoms with Crippen molar-refractivity contribution in [1.82, 2.24) is 15.3 Å². The van der Waals surface area contributed by atoms with Crippen molar-refractivity contribution in [3.05, 3.63) is 65.7 Å². The van der Waals surface area contributed by atoms with Crippen LogP contribution in [0.5, 0.6) is 0 Å². The number of halogens is 3. The van der Waals surface area contributed by atoms with Crippen molar-refractivity contribution in [3.8, 4) is 11.3 Å². The molecule has 11 heteroatoms. The zero-order valence-corrected chi connectivity index (χ0v) is 18.5. The van der Waals surface area contributed by atoms with Crippen LogP contribution >= 0.6 is 0 Å². The van der Waals surface area contributed by atoms with Crippen molar-refractivity contribution in [2.24, 2.45) is 0 Å². The van der Waals surface area contributed by atoms with Crippen LogP contribution in [-0.2, 0) is 16.2 Å². The van der Waals surface area contributed by atoms with Crippen LogP contribution in [0.25, 0.3) is 11.3 Å². The van der Waals surface area contributed by atoms with E-state index in [0.717, 1.165) is 31.6 Å². The molecule has 0 amide bonds. The average Bonchev–Trinajstić information content (AvgIpc) is 3.26. The Morgan fingerprint density at radius 1 is 1.00 bits per heavy atom. The molecule has 7 nitrogen and oxygen atoms in total. The molecule has 33 heavy (non-hydrogen) atoms. The number of aromatic nitrogens is 2. The fraction of sp³-hybridized carbons (Fsp3) is 0.273. The summed E-state index contributed by atoms with van der Waals surface area (Å²) in [7, 11) is -4.19. The largest absolute Gasteiger partial charge is 0.418 e. The van der Waals surface area contributed by atoms with Crippen molar-refractivity contribution in [1.29, 1.82) is 0 Å². The van der Waals surface area contributed by atoms with E-state index in [1.54, 1.807) is 37.3 Å². The number of aryl methyl sites for hydroxylation is 1. The molecule has 1 aliphatic heterocycles. The number of hydrogen-bond donors (Lipinski definition) is 3. The SMILES string of the molecule is Cc1ccccc1-c1nc(NS(=O)(=O)c2cccc(N[C@@H]3CCNC3)n2)ccc1C(F)(F)F. The van der Waals surface area contributed by atoms with Gasteiger partial charge in [-0.25, -0.2) is 9.97 Å². The van der Waals surface area contributed by atoms with Crippen molar-refractivity contribution < 1.29 is 21.6 Å². The maximum absolute atomic E-state index is 13.6. The third-order valence-corrected chi connectivity index (χ3v) is 6.51. The van der Waals surface area contributed by atoms with Crippen LogP contribution in [0, 0.1) is 6.92 Å². The van der Waals surface area contributed by atoms with Gasteiger partial charge in [-0.3, -0.25) is 4.72 Å². The van der Waals surface area contributed by atoms with Gasteiger partial charge in [0.1, 0.15) is 11.6 Å². The summed E-state index contributed by atoms with van der Waals surface area (Å²) in [6.45, 7) is 3.27. The molecule has 4 rings (SSSR count). The van der Waals surface area contributed by atoms with Crippen molar-refractivity contribution in [2.45, 2.75) is 30.6 Å². The normalized spacial score (nSPS) is 16.5. The molecule has 0 bridgehead atoms. The second kappa shape index (κ2) is 8.99. The number of nitrogens with zero attached hydrogens (tertiary/aromatic N) is 2. The van der Waals surface area contributed by atoms with Crippen LogP contribution in [0.15, 0.2) is 59.6 Å². The highest BCUT2D eigenvalue weighted by atomic mass is 32.2. The monoisotopic (exact) mass is 477 g/mol. The molecule has 0 radical (unpaired) electrons. The third kappa shape index (κ3) is 5.25. The predicted molar refractivity (Wildman–Crippen MR) is 119 cm³/mol. The lowest BCUT2D eigenvalue weighted by atomic mass is 10.0. The number of alkyl halides is 3. The van der Waals surface area contributed by atoms with E-state index in [1.807, 2.05) is 0 Å². The lowest BCUT2D eigenvalue weighted by Crippen LogP contribution is -2.23. The number of pyridine rings is 2. The van der Waals surface area contributed by atoms with E-state index in [4.69, 9.17) is 0 Å². The highest BCUT2D eigenvalue weighted by Gasteiger charge is 2.35. The second-order valence-corrected chi connectivity index (χ2v) is 9.34. The van der Waals surface area contributed by atoms with E-state index in [1.165, 1.54) is 12.1 Å². The number of nitrogens with one attached hydrogen (secondary N) is 3. The summed E-state index contributed by atoms with van der Waals surface area (Å²) in [5, 5.41) is 6.10. The van der Waals surface area contributed by atoms with Gasteiger partial charge in [0.2, 0.25) is 0 Å². The van der Waals surface area contributed by atoms with Crippen molar-refractivity contribution in [3.63, 3.8) is 0 Å². The number of sulfonamides is 1. The van der Waals surface area contributed by atoms with Gasteiger partial charge in [-0.2, -0.15) is 21.6 Å². The van der Waals surface area contributed by atoms with E-state index in [-0.39, 0.29) is 28.1 Å². The van der Waals surface area contributed by atoms with Gasteiger partial charge < -0.3 is 10.6 Å². The smallest absolute Gasteiger partial charge is 0.366 e. The Morgan fingerprint density at radius 2 is 1.79 bits per heavy atom. The maximum Gasteiger partial charge on any atom is 0.418 e. The first-order valence-corrected chi connectivity index (χ1v) is 11.7. The number of rotatable bonds is 6. The van der Waals surface area contributed by atoms with Gasteiger partial charge in [0, 0.05) is 18.2 Å². The van der Waals surface area contributed by atoms with Crippen LogP contribution in [0.2, 0.25) is 0 Å². The van der Waals surface area contributed by atoms with Crippen LogP contribution < -0.4 is 15.4 Å². The molecule has 1 aliphatic rings. The third-order valence-electron chi connectivity index (χ3n) is 5.25. The molecule has 2 aromatic heterocycles. The molecule has 1 fully saturated rings. The van der Waals surface area contributed by atoms with Gasteiger partial charge in [-0.15, -0.1) is 0 Å². The molecule has 0 saturated carbocycles. The molecular weight excluding hydrogens is 455 g/mol. The highest BCUT2D eigenvalue weighted by Crippen LogP contribution is 2.38. The molecule has 1 aromatic carbocycles. The molecule has 3 N–H and O–H groups in total. The zero-order chi connectivity index (χ0) is 23.6. The summed E-state index contributed by atoms with van der Waals surface area (Å²) in [6, 6.07) is 12.9. The van der Waals surface area contributed by atoms with E-state index in [9.17, 15) is 21.6 Å². The Hall–Kier alpha value is -3.18. The Balaban J connectivity index is 1.66. The first-order valence-electron chi connectivity index (χ1n) is 10.2. The fourth-order valence-electron chi connectivity index (χ4n) is 3.61. The van der Waals surface area contributed by atoms with Gasteiger partial charge in [0.25, 0.3) is 10.0 Å². The summed E-state index contributed by atoms with van der Waals surface area (Å²) >= 11 is 0. The summed E-state index contributed by atoms with van der Waals surface area (Å²) < 4.78 is 68.9. The van der Waals surface area contributed by atoms with E-state index >= 15 is 0 Å². The highest BCUT2D eigenvalue weighted by molar-refractivity contribution is 7.92. The zero-order valence-electron chi connectivity index (χ0n) is 17.6. The summed E-state index contributed by atoms with van der Waals surface area (Å²) in [4.78, 5) is 8.18. The summed E-state index contributed by atoms with van der Waals surface area (Å²) in [5.74, 6) is 0.161. The molecule has 1 saturated heterocycles. The quantitative estimate of drug-likeness (QED) is 0.496. The first-order chi connectivity index (χ1) is 15.6. The van der Waals surface area contributed by atoms with Gasteiger partial charge in [-0.05, 0) is 49.7 Å². The molecule has 3 heterocycles. The van der Waals surface area contributed by atoms with E-state index < -0.39 is 21.8 Å². The van der Waals surface area contributed by atoms with Crippen LogP contribution in [0.3, 0.4) is 0 Å². The fourth-order valence-corrected chi connectivity index (χ4v) is 4.58. The minimum Gasteiger partial charge on any atom is -0.366 e. The number of benzene rings is 1. The van der Waals surface area contributed by atoms with Crippen LogP contribution in [0.1, 0.15) is 17.5 Å². The standard InChI is InChI=1S/C22H22F3N5O2S/c1-14-5-2-3-6-16(14)21-17(22(23,24)25)9-10-19(29-21)30-33(31,32)20-8-4-7-18(28-20)27-15-11-12-26-13-15/h2-10,15,26H,11-13H2,1H3,(H,27,28)(H,29,30)/t15-/m1/s1. The van der Waals surface area contributed by atoms with Gasteiger partial charge >= 0.3 is 6.18 Å². The minimum atomic E-state index is -4.65. The van der Waals surface area contributed by atoms with Crippen LogP contribution in [-0.4, -0.2) is 37.5 Å². The maximum atomic E-state index is 13.6. The summed E-state index contributed by atoms with van der Waals surface area (Å²) in [6.07, 6.45) is -3.77. The van der Waals surface area contributed by atoms with Crippen LogP contribution in [0.4, 0.5) is 24.8 Å². The molecule has 0 aliphatic carbocycles. The average molecular weight is 478 g/mol. The second-order valence-electron chi connectivity index (χ2n) is 7.71. The lowest BCUT2D eigenvalue weighted by molar-refractivity contribution is -0.137. The molecule has 174 valence electrons. The van der Waals surface area contributed by atoms with E-state index in [2.05, 4.69) is 25.3 Å². The predicted octanol–water partition coefficient (Wildman–Crippen LogP) is 4.05. The Kier molecular flexibility index (Phi) is 6.26. The van der Waals surface area contributed by atoms with Gasteiger partial charge in [0.15, 0.2) is 5.03 Å². The lowest BCUT2D eigenvalue weighted by Gasteiger charge is -2.16. The number of hydrogen-bond acceptors (Lipinski definition) is 6. The minimum absolute atomic E-state index is 0.136. The van der Waals surface area contributed by atoms with Crippen molar-refractivity contribution >= 4 is 21.7 Å². The van der Waals surface area contributed by atoms with Gasteiger partial charge in [-0.1, -0.05) is 30.3 Å². The van der Waals surface area contributed by atoms with Crippen molar-refractivity contribution in [2.75, 3.05) is 23.1 Å². The molecule has 0 unspecified atom stereocenters. The molecule has 1 atom stereocenters. The molecule has 3 aromatic rings. The topological polar surface area (TPSA) is 96.0 Å². The Morgan fingerprint density at radius 3 is 2.48 bits per heavy atom. The van der Waals surface area contributed by atoms with Gasteiger partial charge in [0.05, 0.1) is 11.3 Å². The summed E-state index contributed by atoms with van der Waals surface area (Å²) in [5.41, 5.74) is -0.454.